The average Bonchev–Trinajstić information content (AvgIpc) is 2.60. The van der Waals surface area contributed by atoms with E-state index in [1.165, 1.54) is 21.3 Å². The summed E-state index contributed by atoms with van der Waals surface area (Å²) in [4.78, 5) is 26.0. The lowest BCUT2D eigenvalue weighted by Gasteiger charge is -2.31. The molecule has 0 unspecified atom stereocenters. The second-order valence-corrected chi connectivity index (χ2v) is 8.72. The lowest BCUT2D eigenvalue weighted by molar-refractivity contribution is -0.895. The Morgan fingerprint density at radius 2 is 1.77 bits per heavy atom. The highest BCUT2D eigenvalue weighted by atomic mass is 35.5. The topological polar surface area (TPSA) is 91.2 Å². The van der Waals surface area contributed by atoms with Crippen LogP contribution in [-0.4, -0.2) is 82.8 Å². The first-order chi connectivity index (χ1) is 12.2. The van der Waals surface area contributed by atoms with Crippen LogP contribution >= 0.6 is 11.6 Å². The van der Waals surface area contributed by atoms with Gasteiger partial charge in [-0.1, -0.05) is 11.6 Å². The molecule has 1 aromatic rings. The van der Waals surface area contributed by atoms with Gasteiger partial charge >= 0.3 is 0 Å². The summed E-state index contributed by atoms with van der Waals surface area (Å²) in [6, 6.07) is 6.09. The molecule has 8 nitrogen and oxygen atoms in total. The van der Waals surface area contributed by atoms with E-state index in [9.17, 15) is 18.0 Å². The number of nitrogens with zero attached hydrogens (tertiary/aromatic N) is 2. The second kappa shape index (κ2) is 8.81. The van der Waals surface area contributed by atoms with Gasteiger partial charge in [-0.05, 0) is 24.3 Å². The molecule has 1 saturated heterocycles. The molecule has 1 aliphatic heterocycles. The molecule has 0 aliphatic carbocycles. The highest BCUT2D eigenvalue weighted by molar-refractivity contribution is 7.89. The van der Waals surface area contributed by atoms with Crippen LogP contribution in [0.3, 0.4) is 0 Å². The van der Waals surface area contributed by atoms with E-state index in [0.717, 1.165) is 4.90 Å². The van der Waals surface area contributed by atoms with Crippen molar-refractivity contribution in [3.63, 3.8) is 0 Å². The van der Waals surface area contributed by atoms with Crippen molar-refractivity contribution in [2.45, 2.75) is 4.90 Å². The molecule has 0 saturated carbocycles. The van der Waals surface area contributed by atoms with Crippen LogP contribution in [0.1, 0.15) is 0 Å². The number of amides is 2. The maximum absolute atomic E-state index is 12.6. The minimum atomic E-state index is -3.55. The fraction of sp³-hybridized carbons (Fsp3) is 0.500. The maximum Gasteiger partial charge on any atom is 0.275 e. The van der Waals surface area contributed by atoms with Gasteiger partial charge in [-0.3, -0.25) is 9.59 Å². The van der Waals surface area contributed by atoms with Crippen LogP contribution in [0, 0.1) is 0 Å². The summed E-state index contributed by atoms with van der Waals surface area (Å²) in [5.41, 5.74) is 0. The Morgan fingerprint density at radius 1 is 1.19 bits per heavy atom. The van der Waals surface area contributed by atoms with Gasteiger partial charge in [0, 0.05) is 19.1 Å². The number of carbonyl (C=O) groups excluding carboxylic acids is 2. The summed E-state index contributed by atoms with van der Waals surface area (Å²) in [7, 11) is -0.301. The smallest absolute Gasteiger partial charge is 0.275 e. The standard InChI is InChI=1S/C16H23ClN4O4S/c1-19(2)16(23)11-18-15(22)12-20-7-9-21(10-8-20)26(24,25)14-5-3-13(17)4-6-14/h3-6H,7-12H2,1-2H3,(H,18,22)/p+1. The van der Waals surface area contributed by atoms with E-state index in [-0.39, 0.29) is 29.8 Å². The Labute approximate surface area is 158 Å². The number of quaternary nitrogens is 1. The predicted molar refractivity (Wildman–Crippen MR) is 97.5 cm³/mol. The zero-order valence-corrected chi connectivity index (χ0v) is 16.4. The second-order valence-electron chi connectivity index (χ2n) is 6.35. The monoisotopic (exact) mass is 403 g/mol. The Morgan fingerprint density at radius 3 is 2.31 bits per heavy atom. The number of piperazine rings is 1. The van der Waals surface area contributed by atoms with Gasteiger partial charge in [-0.15, -0.1) is 0 Å². The van der Waals surface area contributed by atoms with E-state index in [4.69, 9.17) is 11.6 Å². The molecule has 0 radical (unpaired) electrons. The van der Waals surface area contributed by atoms with Gasteiger partial charge in [0.15, 0.2) is 6.54 Å². The molecular formula is C16H24ClN4O4S+. The molecule has 0 aromatic heterocycles. The Bertz CT molecular complexity index is 744. The molecule has 2 amide bonds. The summed E-state index contributed by atoms with van der Waals surface area (Å²) < 4.78 is 26.7. The van der Waals surface area contributed by atoms with Gasteiger partial charge < -0.3 is 15.1 Å². The van der Waals surface area contributed by atoms with Crippen LogP contribution in [0.25, 0.3) is 0 Å². The van der Waals surface area contributed by atoms with Crippen LogP contribution < -0.4 is 10.2 Å². The first kappa shape index (κ1) is 20.6. The van der Waals surface area contributed by atoms with E-state index >= 15 is 0 Å². The van der Waals surface area contributed by atoms with Crippen molar-refractivity contribution in [3.8, 4) is 0 Å². The molecule has 2 rings (SSSR count). The highest BCUT2D eigenvalue weighted by Gasteiger charge is 2.31. The molecule has 10 heteroatoms. The number of rotatable bonds is 6. The third-order valence-electron chi connectivity index (χ3n) is 4.23. The SMILES string of the molecule is CN(C)C(=O)CNC(=O)C[NH+]1CCN(S(=O)(=O)c2ccc(Cl)cc2)CC1. The molecule has 1 fully saturated rings. The van der Waals surface area contributed by atoms with E-state index in [0.29, 0.717) is 31.2 Å². The van der Waals surface area contributed by atoms with Crippen molar-refractivity contribution < 1.29 is 22.9 Å². The van der Waals surface area contributed by atoms with Crippen LogP contribution in [0.5, 0.6) is 0 Å². The first-order valence-corrected chi connectivity index (χ1v) is 10.1. The average molecular weight is 404 g/mol. The zero-order valence-electron chi connectivity index (χ0n) is 14.9. The third-order valence-corrected chi connectivity index (χ3v) is 6.39. The summed E-state index contributed by atoms with van der Waals surface area (Å²) in [6.45, 7) is 1.92. The molecule has 1 aliphatic rings. The zero-order chi connectivity index (χ0) is 19.3. The van der Waals surface area contributed by atoms with Crippen LogP contribution in [0.2, 0.25) is 5.02 Å². The summed E-state index contributed by atoms with van der Waals surface area (Å²) in [5.74, 6) is -0.392. The van der Waals surface area contributed by atoms with Crippen molar-refractivity contribution in [3.05, 3.63) is 29.3 Å². The normalized spacial score (nSPS) is 16.3. The molecule has 1 heterocycles. The van der Waals surface area contributed by atoms with Crippen LogP contribution in [-0.2, 0) is 19.6 Å². The fourth-order valence-electron chi connectivity index (χ4n) is 2.60. The largest absolute Gasteiger partial charge is 0.347 e. The molecule has 0 spiro atoms. The lowest BCUT2D eigenvalue weighted by atomic mass is 10.3. The number of likely N-dealkylation sites (N-methyl/N-ethyl adjacent to an activating group) is 1. The van der Waals surface area contributed by atoms with Crippen molar-refractivity contribution in [2.75, 3.05) is 53.4 Å². The van der Waals surface area contributed by atoms with Crippen molar-refractivity contribution in [2.24, 2.45) is 0 Å². The quantitative estimate of drug-likeness (QED) is 0.600. The number of sulfonamides is 1. The predicted octanol–water partition coefficient (Wildman–Crippen LogP) is -1.57. The summed E-state index contributed by atoms with van der Waals surface area (Å²) in [6.07, 6.45) is 0. The Balaban J connectivity index is 1.84. The van der Waals surface area contributed by atoms with E-state index < -0.39 is 10.0 Å². The van der Waals surface area contributed by atoms with Crippen molar-refractivity contribution in [1.29, 1.82) is 0 Å². The maximum atomic E-state index is 12.6. The fourth-order valence-corrected chi connectivity index (χ4v) is 4.16. The van der Waals surface area contributed by atoms with Crippen LogP contribution in [0.15, 0.2) is 29.2 Å². The van der Waals surface area contributed by atoms with Gasteiger partial charge in [0.05, 0.1) is 37.6 Å². The van der Waals surface area contributed by atoms with Gasteiger partial charge in [-0.2, -0.15) is 4.31 Å². The first-order valence-electron chi connectivity index (χ1n) is 8.26. The lowest BCUT2D eigenvalue weighted by Crippen LogP contribution is -3.15. The number of hydrogen-bond donors (Lipinski definition) is 2. The van der Waals surface area contributed by atoms with Crippen molar-refractivity contribution in [1.82, 2.24) is 14.5 Å². The van der Waals surface area contributed by atoms with E-state index in [1.54, 1.807) is 26.2 Å². The van der Waals surface area contributed by atoms with Gasteiger partial charge in [0.2, 0.25) is 15.9 Å². The minimum Gasteiger partial charge on any atom is -0.347 e. The molecule has 2 N–H and O–H groups in total. The van der Waals surface area contributed by atoms with E-state index in [1.807, 2.05) is 0 Å². The van der Waals surface area contributed by atoms with Gasteiger partial charge in [0.1, 0.15) is 0 Å². The number of benzene rings is 1. The molecule has 0 bridgehead atoms. The van der Waals surface area contributed by atoms with Gasteiger partial charge in [-0.25, -0.2) is 8.42 Å². The molecular weight excluding hydrogens is 380 g/mol. The van der Waals surface area contributed by atoms with Crippen LogP contribution in [0.4, 0.5) is 0 Å². The number of hydrogen-bond acceptors (Lipinski definition) is 4. The minimum absolute atomic E-state index is 0.0316. The van der Waals surface area contributed by atoms with Crippen molar-refractivity contribution >= 4 is 33.4 Å². The number of carbonyl (C=O) groups is 2. The number of nitrogens with one attached hydrogen (secondary N) is 2. The highest BCUT2D eigenvalue weighted by Crippen LogP contribution is 2.18. The van der Waals surface area contributed by atoms with Gasteiger partial charge in [0.25, 0.3) is 5.91 Å². The summed E-state index contributed by atoms with van der Waals surface area (Å²) >= 11 is 5.80. The summed E-state index contributed by atoms with van der Waals surface area (Å²) in [5, 5.41) is 3.07. The molecule has 26 heavy (non-hydrogen) atoms. The molecule has 1 aromatic carbocycles. The molecule has 144 valence electrons. The number of halogens is 1. The third kappa shape index (κ3) is 5.41. The Kier molecular flexibility index (Phi) is 6.99. The molecule has 0 atom stereocenters. The van der Waals surface area contributed by atoms with E-state index in [2.05, 4.69) is 5.32 Å². The Hall–Kier alpha value is -1.68.